The second kappa shape index (κ2) is 6.55. The van der Waals surface area contributed by atoms with Crippen molar-refractivity contribution in [2.45, 2.75) is 12.8 Å². The smallest absolute Gasteiger partial charge is 0.326 e. The molecule has 3 aromatic rings. The van der Waals surface area contributed by atoms with Crippen LogP contribution in [0.1, 0.15) is 12.3 Å². The van der Waals surface area contributed by atoms with Crippen molar-refractivity contribution in [2.75, 3.05) is 20.1 Å². The maximum absolute atomic E-state index is 11.8. The standard InChI is InChI=1S/C18H17N5O3/c1-22-11-15(24)23(18(22)25)10-4-7-14-20-17(21-26-14)16-13-6-3-2-5-12(13)8-9-19-16/h2-3,5-6,8-9H,4,7,10-11H2,1H3. The molecule has 0 spiro atoms. The molecule has 0 atom stereocenters. The minimum atomic E-state index is -0.263. The minimum absolute atomic E-state index is 0.135. The molecule has 1 saturated heterocycles. The fourth-order valence-corrected chi connectivity index (χ4v) is 3.03. The van der Waals surface area contributed by atoms with Gasteiger partial charge in [-0.2, -0.15) is 4.98 Å². The maximum Gasteiger partial charge on any atom is 0.326 e. The monoisotopic (exact) mass is 351 g/mol. The fourth-order valence-electron chi connectivity index (χ4n) is 3.03. The summed E-state index contributed by atoms with van der Waals surface area (Å²) in [7, 11) is 1.61. The largest absolute Gasteiger partial charge is 0.339 e. The molecule has 0 N–H and O–H groups in total. The first kappa shape index (κ1) is 16.2. The van der Waals surface area contributed by atoms with Crippen molar-refractivity contribution in [3.63, 3.8) is 0 Å². The summed E-state index contributed by atoms with van der Waals surface area (Å²) < 4.78 is 5.31. The zero-order chi connectivity index (χ0) is 18.1. The Morgan fingerprint density at radius 1 is 1.19 bits per heavy atom. The summed E-state index contributed by atoms with van der Waals surface area (Å²) in [4.78, 5) is 35.0. The van der Waals surface area contributed by atoms with Crippen molar-refractivity contribution < 1.29 is 14.1 Å². The number of hydrogen-bond donors (Lipinski definition) is 0. The summed E-state index contributed by atoms with van der Waals surface area (Å²) in [5.41, 5.74) is 0.671. The number of fused-ring (bicyclic) bond motifs is 1. The molecule has 0 radical (unpaired) electrons. The summed E-state index contributed by atoms with van der Waals surface area (Å²) in [6, 6.07) is 9.54. The average Bonchev–Trinajstić information content (AvgIpc) is 3.21. The number of aryl methyl sites for hydroxylation is 1. The quantitative estimate of drug-likeness (QED) is 0.654. The van der Waals surface area contributed by atoms with Gasteiger partial charge in [-0.25, -0.2) is 4.79 Å². The third-order valence-electron chi connectivity index (χ3n) is 4.36. The number of nitrogens with zero attached hydrogens (tertiary/aromatic N) is 5. The lowest BCUT2D eigenvalue weighted by molar-refractivity contribution is -0.125. The molecule has 0 aliphatic carbocycles. The molecular formula is C18H17N5O3. The van der Waals surface area contributed by atoms with Gasteiger partial charge < -0.3 is 9.42 Å². The van der Waals surface area contributed by atoms with Gasteiger partial charge >= 0.3 is 6.03 Å². The number of amides is 3. The Bertz CT molecular complexity index is 978. The predicted octanol–water partition coefficient (Wildman–Crippen LogP) is 2.11. The van der Waals surface area contributed by atoms with E-state index >= 15 is 0 Å². The van der Waals surface area contributed by atoms with Gasteiger partial charge in [0, 0.05) is 31.6 Å². The number of aromatic nitrogens is 3. The minimum Gasteiger partial charge on any atom is -0.339 e. The molecule has 8 nitrogen and oxygen atoms in total. The number of rotatable bonds is 5. The van der Waals surface area contributed by atoms with E-state index in [1.54, 1.807) is 13.2 Å². The Hall–Kier alpha value is -3.29. The number of pyridine rings is 1. The number of urea groups is 1. The third-order valence-corrected chi connectivity index (χ3v) is 4.36. The zero-order valence-electron chi connectivity index (χ0n) is 14.3. The van der Waals surface area contributed by atoms with Crippen LogP contribution in [-0.4, -0.2) is 57.0 Å². The van der Waals surface area contributed by atoms with Crippen LogP contribution in [0.15, 0.2) is 41.1 Å². The van der Waals surface area contributed by atoms with Crippen LogP contribution in [0.25, 0.3) is 22.3 Å². The second-order valence-corrected chi connectivity index (χ2v) is 6.18. The van der Waals surface area contributed by atoms with Crippen molar-refractivity contribution in [3.05, 3.63) is 42.4 Å². The Balaban J connectivity index is 1.45. The van der Waals surface area contributed by atoms with E-state index in [1.807, 2.05) is 30.3 Å². The molecule has 0 unspecified atom stereocenters. The van der Waals surface area contributed by atoms with E-state index in [-0.39, 0.29) is 18.5 Å². The number of likely N-dealkylation sites (N-methyl/N-ethyl adjacent to an activating group) is 1. The van der Waals surface area contributed by atoms with E-state index in [1.165, 1.54) is 9.80 Å². The van der Waals surface area contributed by atoms with Crippen LogP contribution >= 0.6 is 0 Å². The van der Waals surface area contributed by atoms with Gasteiger partial charge in [-0.15, -0.1) is 0 Å². The van der Waals surface area contributed by atoms with Crippen molar-refractivity contribution in [3.8, 4) is 11.5 Å². The molecular weight excluding hydrogens is 334 g/mol. The van der Waals surface area contributed by atoms with E-state index in [4.69, 9.17) is 4.52 Å². The number of benzene rings is 1. The molecule has 0 saturated carbocycles. The van der Waals surface area contributed by atoms with Gasteiger partial charge in [0.15, 0.2) is 0 Å². The SMILES string of the molecule is CN1CC(=O)N(CCCc2nc(-c3nccc4ccccc34)no2)C1=O. The van der Waals surface area contributed by atoms with E-state index in [0.717, 1.165) is 10.8 Å². The highest BCUT2D eigenvalue weighted by Gasteiger charge is 2.32. The molecule has 0 bridgehead atoms. The lowest BCUT2D eigenvalue weighted by Crippen LogP contribution is -2.32. The molecule has 8 heteroatoms. The van der Waals surface area contributed by atoms with Gasteiger partial charge in [-0.05, 0) is 17.9 Å². The molecule has 1 aliphatic heterocycles. The third kappa shape index (κ3) is 2.90. The van der Waals surface area contributed by atoms with Gasteiger partial charge in [0.2, 0.25) is 17.6 Å². The lowest BCUT2D eigenvalue weighted by atomic mass is 10.1. The highest BCUT2D eigenvalue weighted by atomic mass is 16.5. The summed E-state index contributed by atoms with van der Waals surface area (Å²) in [5, 5.41) is 6.04. The molecule has 1 aromatic carbocycles. The zero-order valence-corrected chi connectivity index (χ0v) is 14.3. The van der Waals surface area contributed by atoms with Gasteiger partial charge in [0.05, 0.1) is 0 Å². The maximum atomic E-state index is 11.8. The van der Waals surface area contributed by atoms with Crippen LogP contribution in [-0.2, 0) is 11.2 Å². The predicted molar refractivity (Wildman–Crippen MR) is 93.1 cm³/mol. The van der Waals surface area contributed by atoms with Crippen LogP contribution in [0.4, 0.5) is 4.79 Å². The Morgan fingerprint density at radius 3 is 2.85 bits per heavy atom. The molecule has 26 heavy (non-hydrogen) atoms. The number of carbonyl (C=O) groups is 2. The van der Waals surface area contributed by atoms with Crippen LogP contribution in [0.3, 0.4) is 0 Å². The van der Waals surface area contributed by atoms with Crippen LogP contribution < -0.4 is 0 Å². The van der Waals surface area contributed by atoms with Crippen molar-refractivity contribution in [1.29, 1.82) is 0 Å². The molecule has 3 amide bonds. The average molecular weight is 351 g/mol. The Morgan fingerprint density at radius 2 is 2.04 bits per heavy atom. The Labute approximate surface area is 149 Å². The van der Waals surface area contributed by atoms with Gasteiger partial charge in [-0.3, -0.25) is 14.7 Å². The molecule has 132 valence electrons. The first-order chi connectivity index (χ1) is 12.6. The van der Waals surface area contributed by atoms with Crippen LogP contribution in [0.5, 0.6) is 0 Å². The first-order valence-electron chi connectivity index (χ1n) is 8.35. The highest BCUT2D eigenvalue weighted by Crippen LogP contribution is 2.24. The number of hydrogen-bond acceptors (Lipinski definition) is 6. The Kier molecular flexibility index (Phi) is 4.08. The topological polar surface area (TPSA) is 92.4 Å². The summed E-state index contributed by atoms with van der Waals surface area (Å²) in [6.07, 6.45) is 2.77. The second-order valence-electron chi connectivity index (χ2n) is 6.18. The molecule has 2 aromatic heterocycles. The molecule has 4 rings (SSSR count). The van der Waals surface area contributed by atoms with Crippen molar-refractivity contribution >= 4 is 22.7 Å². The molecule has 3 heterocycles. The van der Waals surface area contributed by atoms with Crippen LogP contribution in [0, 0.1) is 0 Å². The lowest BCUT2D eigenvalue weighted by Gasteiger charge is -2.12. The van der Waals surface area contributed by atoms with Crippen LogP contribution in [0.2, 0.25) is 0 Å². The van der Waals surface area contributed by atoms with Gasteiger partial charge in [0.25, 0.3) is 0 Å². The fraction of sp³-hybridized carbons (Fsp3) is 0.278. The highest BCUT2D eigenvalue weighted by molar-refractivity contribution is 6.01. The van der Waals surface area contributed by atoms with Crippen molar-refractivity contribution in [1.82, 2.24) is 24.9 Å². The summed E-state index contributed by atoms with van der Waals surface area (Å²) >= 11 is 0. The summed E-state index contributed by atoms with van der Waals surface area (Å²) in [5.74, 6) is 0.718. The van der Waals surface area contributed by atoms with Crippen molar-refractivity contribution in [2.24, 2.45) is 0 Å². The molecule has 1 aliphatic rings. The van der Waals surface area contributed by atoms with E-state index < -0.39 is 0 Å². The van der Waals surface area contributed by atoms with E-state index in [9.17, 15) is 9.59 Å². The van der Waals surface area contributed by atoms with E-state index in [2.05, 4.69) is 15.1 Å². The summed E-state index contributed by atoms with van der Waals surface area (Å²) in [6.45, 7) is 0.475. The first-order valence-corrected chi connectivity index (χ1v) is 8.35. The normalized spacial score (nSPS) is 14.7. The van der Waals surface area contributed by atoms with Gasteiger partial charge in [0.1, 0.15) is 12.2 Å². The van der Waals surface area contributed by atoms with Gasteiger partial charge in [-0.1, -0.05) is 29.4 Å². The van der Waals surface area contributed by atoms with E-state index in [0.29, 0.717) is 36.8 Å². The number of carbonyl (C=O) groups excluding carboxylic acids is 2. The number of imide groups is 1. The molecule has 1 fully saturated rings.